The molecule has 0 bridgehead atoms. The smallest absolute Gasteiger partial charge is 0.258 e. The summed E-state index contributed by atoms with van der Waals surface area (Å²) in [6.45, 7) is 5.20. The standard InChI is InChI=1S/C18H22N2O/c1-3-20(17-11-7-4-8-14(17)2)18(21)16-10-6-5-9-15(16)12-13-19/h4-11H,3,12-13,19H2,1-2H3. The van der Waals surface area contributed by atoms with Crippen molar-refractivity contribution in [1.29, 1.82) is 0 Å². The molecule has 0 saturated heterocycles. The van der Waals surface area contributed by atoms with E-state index < -0.39 is 0 Å². The van der Waals surface area contributed by atoms with Crippen LogP contribution in [-0.2, 0) is 6.42 Å². The fourth-order valence-corrected chi connectivity index (χ4v) is 2.54. The maximum atomic E-state index is 12.9. The molecule has 0 radical (unpaired) electrons. The molecule has 2 aromatic rings. The van der Waals surface area contributed by atoms with Crippen molar-refractivity contribution in [3.05, 3.63) is 65.2 Å². The van der Waals surface area contributed by atoms with Crippen molar-refractivity contribution in [2.45, 2.75) is 20.3 Å². The summed E-state index contributed by atoms with van der Waals surface area (Å²) in [5.41, 5.74) is 9.47. The third-order valence-corrected chi connectivity index (χ3v) is 3.63. The molecule has 110 valence electrons. The maximum Gasteiger partial charge on any atom is 0.258 e. The molecule has 0 aliphatic carbocycles. The number of carbonyl (C=O) groups is 1. The van der Waals surface area contributed by atoms with Crippen molar-refractivity contribution >= 4 is 11.6 Å². The first-order valence-electron chi connectivity index (χ1n) is 7.34. The first kappa shape index (κ1) is 15.3. The SMILES string of the molecule is CCN(C(=O)c1ccccc1CCN)c1ccccc1C. The van der Waals surface area contributed by atoms with Crippen molar-refractivity contribution in [3.63, 3.8) is 0 Å². The maximum absolute atomic E-state index is 12.9. The van der Waals surface area contributed by atoms with Gasteiger partial charge in [-0.05, 0) is 50.1 Å². The number of nitrogens with two attached hydrogens (primary N) is 1. The van der Waals surface area contributed by atoms with E-state index in [9.17, 15) is 4.79 Å². The van der Waals surface area contributed by atoms with Crippen LogP contribution in [0, 0.1) is 6.92 Å². The normalized spacial score (nSPS) is 10.4. The van der Waals surface area contributed by atoms with Gasteiger partial charge < -0.3 is 10.6 Å². The average molecular weight is 282 g/mol. The zero-order valence-corrected chi connectivity index (χ0v) is 12.7. The Morgan fingerprint density at radius 1 is 1.10 bits per heavy atom. The van der Waals surface area contributed by atoms with Crippen LogP contribution in [0.3, 0.4) is 0 Å². The van der Waals surface area contributed by atoms with E-state index in [1.807, 2.05) is 67.3 Å². The largest absolute Gasteiger partial charge is 0.330 e. The number of hydrogen-bond donors (Lipinski definition) is 1. The molecule has 0 unspecified atom stereocenters. The van der Waals surface area contributed by atoms with Crippen LogP contribution in [0.5, 0.6) is 0 Å². The summed E-state index contributed by atoms with van der Waals surface area (Å²) >= 11 is 0. The summed E-state index contributed by atoms with van der Waals surface area (Å²) < 4.78 is 0. The summed E-state index contributed by atoms with van der Waals surface area (Å²) in [7, 11) is 0. The van der Waals surface area contributed by atoms with Crippen molar-refractivity contribution in [3.8, 4) is 0 Å². The van der Waals surface area contributed by atoms with Gasteiger partial charge in [0.2, 0.25) is 0 Å². The van der Waals surface area contributed by atoms with Crippen LogP contribution in [0.25, 0.3) is 0 Å². The lowest BCUT2D eigenvalue weighted by Gasteiger charge is -2.24. The van der Waals surface area contributed by atoms with Crippen LogP contribution < -0.4 is 10.6 Å². The zero-order valence-electron chi connectivity index (χ0n) is 12.7. The van der Waals surface area contributed by atoms with Crippen LogP contribution in [0.2, 0.25) is 0 Å². The first-order valence-corrected chi connectivity index (χ1v) is 7.34. The summed E-state index contributed by atoms with van der Waals surface area (Å²) in [5, 5.41) is 0. The van der Waals surface area contributed by atoms with E-state index in [0.717, 1.165) is 22.4 Å². The highest BCUT2D eigenvalue weighted by Crippen LogP contribution is 2.22. The lowest BCUT2D eigenvalue weighted by Crippen LogP contribution is -2.32. The predicted octanol–water partition coefficient (Wildman–Crippen LogP) is 3.16. The number of para-hydroxylation sites is 1. The molecule has 0 heterocycles. The lowest BCUT2D eigenvalue weighted by molar-refractivity contribution is 0.0987. The Kier molecular flexibility index (Phi) is 5.12. The number of hydrogen-bond acceptors (Lipinski definition) is 2. The molecule has 2 aromatic carbocycles. The van der Waals surface area contributed by atoms with Crippen LogP contribution in [0.4, 0.5) is 5.69 Å². The van der Waals surface area contributed by atoms with Gasteiger partial charge in [0, 0.05) is 17.8 Å². The van der Waals surface area contributed by atoms with Gasteiger partial charge in [0.05, 0.1) is 0 Å². The average Bonchev–Trinajstić information content (AvgIpc) is 2.50. The topological polar surface area (TPSA) is 46.3 Å². The Labute approximate surface area is 126 Å². The molecule has 0 fully saturated rings. The fourth-order valence-electron chi connectivity index (χ4n) is 2.54. The number of carbonyl (C=O) groups excluding carboxylic acids is 1. The highest BCUT2D eigenvalue weighted by atomic mass is 16.2. The third kappa shape index (κ3) is 3.31. The first-order chi connectivity index (χ1) is 10.2. The number of benzene rings is 2. The highest BCUT2D eigenvalue weighted by Gasteiger charge is 2.19. The Morgan fingerprint density at radius 3 is 2.43 bits per heavy atom. The zero-order chi connectivity index (χ0) is 15.2. The molecule has 0 aliphatic rings. The van der Waals surface area contributed by atoms with E-state index in [1.54, 1.807) is 0 Å². The minimum Gasteiger partial charge on any atom is -0.330 e. The molecule has 21 heavy (non-hydrogen) atoms. The van der Waals surface area contributed by atoms with Gasteiger partial charge >= 0.3 is 0 Å². The van der Waals surface area contributed by atoms with Gasteiger partial charge in [-0.15, -0.1) is 0 Å². The fraction of sp³-hybridized carbons (Fsp3) is 0.278. The molecule has 2 rings (SSSR count). The molecule has 0 aromatic heterocycles. The van der Waals surface area contributed by atoms with Gasteiger partial charge in [-0.25, -0.2) is 0 Å². The van der Waals surface area contributed by atoms with E-state index in [1.165, 1.54) is 0 Å². The van der Waals surface area contributed by atoms with Crippen LogP contribution >= 0.6 is 0 Å². The number of nitrogens with zero attached hydrogens (tertiary/aromatic N) is 1. The molecule has 3 heteroatoms. The Bertz CT molecular complexity index is 622. The van der Waals surface area contributed by atoms with Gasteiger partial charge in [0.15, 0.2) is 0 Å². The summed E-state index contributed by atoms with van der Waals surface area (Å²) in [6.07, 6.45) is 0.716. The van der Waals surface area contributed by atoms with E-state index in [2.05, 4.69) is 0 Å². The molecular formula is C18H22N2O. The van der Waals surface area contributed by atoms with Crippen molar-refractivity contribution in [2.24, 2.45) is 5.73 Å². The second-order valence-corrected chi connectivity index (χ2v) is 5.03. The van der Waals surface area contributed by atoms with E-state index in [0.29, 0.717) is 19.5 Å². The van der Waals surface area contributed by atoms with E-state index in [4.69, 9.17) is 5.73 Å². The minimum absolute atomic E-state index is 0.0378. The van der Waals surface area contributed by atoms with Gasteiger partial charge in [0.1, 0.15) is 0 Å². The summed E-state index contributed by atoms with van der Waals surface area (Å²) in [6, 6.07) is 15.7. The number of aryl methyl sites for hydroxylation is 1. The van der Waals surface area contributed by atoms with E-state index in [-0.39, 0.29) is 5.91 Å². The number of amides is 1. The lowest BCUT2D eigenvalue weighted by atomic mass is 10.0. The molecule has 2 N–H and O–H groups in total. The van der Waals surface area contributed by atoms with Gasteiger partial charge in [-0.3, -0.25) is 4.79 Å². The monoisotopic (exact) mass is 282 g/mol. The second kappa shape index (κ2) is 7.04. The Morgan fingerprint density at radius 2 is 1.76 bits per heavy atom. The van der Waals surface area contributed by atoms with E-state index >= 15 is 0 Å². The van der Waals surface area contributed by atoms with Gasteiger partial charge in [0.25, 0.3) is 5.91 Å². The molecule has 0 spiro atoms. The van der Waals surface area contributed by atoms with Crippen molar-refractivity contribution in [1.82, 2.24) is 0 Å². The summed E-state index contributed by atoms with van der Waals surface area (Å²) in [5.74, 6) is 0.0378. The predicted molar refractivity (Wildman–Crippen MR) is 87.7 cm³/mol. The van der Waals surface area contributed by atoms with Crippen LogP contribution in [-0.4, -0.2) is 19.0 Å². The molecule has 0 saturated carbocycles. The van der Waals surface area contributed by atoms with Gasteiger partial charge in [-0.2, -0.15) is 0 Å². The van der Waals surface area contributed by atoms with Crippen LogP contribution in [0.1, 0.15) is 28.4 Å². The molecular weight excluding hydrogens is 260 g/mol. The molecule has 1 amide bonds. The van der Waals surface area contributed by atoms with Gasteiger partial charge in [-0.1, -0.05) is 36.4 Å². The number of anilines is 1. The van der Waals surface area contributed by atoms with Crippen molar-refractivity contribution < 1.29 is 4.79 Å². The second-order valence-electron chi connectivity index (χ2n) is 5.03. The molecule has 3 nitrogen and oxygen atoms in total. The minimum atomic E-state index is 0.0378. The molecule has 0 atom stereocenters. The summed E-state index contributed by atoms with van der Waals surface area (Å²) in [4.78, 5) is 14.7. The number of rotatable bonds is 5. The van der Waals surface area contributed by atoms with Crippen LogP contribution in [0.15, 0.2) is 48.5 Å². The Balaban J connectivity index is 2.40. The quantitative estimate of drug-likeness (QED) is 0.915. The molecule has 0 aliphatic heterocycles. The highest BCUT2D eigenvalue weighted by molar-refractivity contribution is 6.07. The van der Waals surface area contributed by atoms with Crippen molar-refractivity contribution in [2.75, 3.05) is 18.0 Å². The third-order valence-electron chi connectivity index (χ3n) is 3.63. The Hall–Kier alpha value is -2.13.